The second kappa shape index (κ2) is 6.55. The Hall–Kier alpha value is -1.58. The fraction of sp³-hybridized carbons (Fsp3) is 0.267. The van der Waals surface area contributed by atoms with Gasteiger partial charge in [-0.2, -0.15) is 0 Å². The van der Waals surface area contributed by atoms with Crippen molar-refractivity contribution in [3.05, 3.63) is 53.3 Å². The first-order chi connectivity index (χ1) is 9.19. The predicted octanol–water partition coefficient (Wildman–Crippen LogP) is 3.81. The number of halogens is 1. The van der Waals surface area contributed by atoms with E-state index in [-0.39, 0.29) is 6.04 Å². The first-order valence-electron chi connectivity index (χ1n) is 6.31. The lowest BCUT2D eigenvalue weighted by Crippen LogP contribution is -2.21. The third-order valence-electron chi connectivity index (χ3n) is 2.88. The smallest absolute Gasteiger partial charge is 0.146 e. The first-order valence-corrected chi connectivity index (χ1v) is 6.68. The Morgan fingerprint density at radius 1 is 1.37 bits per heavy atom. The quantitative estimate of drug-likeness (QED) is 0.903. The van der Waals surface area contributed by atoms with Crippen molar-refractivity contribution in [1.29, 1.82) is 0 Å². The molecule has 0 spiro atoms. The molecule has 1 aromatic heterocycles. The molecule has 1 aromatic carbocycles. The highest BCUT2D eigenvalue weighted by atomic mass is 35.5. The molecule has 2 rings (SSSR count). The van der Waals surface area contributed by atoms with Gasteiger partial charge >= 0.3 is 0 Å². The molecule has 0 aliphatic rings. The van der Waals surface area contributed by atoms with Crippen LogP contribution in [0.5, 0.6) is 11.5 Å². The van der Waals surface area contributed by atoms with Gasteiger partial charge in [-0.15, -0.1) is 0 Å². The topological polar surface area (TPSA) is 48.1 Å². The molecule has 0 aliphatic carbocycles. The van der Waals surface area contributed by atoms with Crippen LogP contribution in [-0.4, -0.2) is 11.0 Å². The van der Waals surface area contributed by atoms with Gasteiger partial charge in [-0.25, -0.2) is 0 Å². The Bertz CT molecular complexity index is 531. The van der Waals surface area contributed by atoms with E-state index in [9.17, 15) is 0 Å². The summed E-state index contributed by atoms with van der Waals surface area (Å²) in [5.74, 6) is 1.30. The Morgan fingerprint density at radius 2 is 2.21 bits per heavy atom. The highest BCUT2D eigenvalue weighted by molar-refractivity contribution is 6.32. The summed E-state index contributed by atoms with van der Waals surface area (Å²) in [6, 6.07) is 9.59. The molecule has 4 heteroatoms. The van der Waals surface area contributed by atoms with E-state index in [1.165, 1.54) is 0 Å². The van der Waals surface area contributed by atoms with Crippen LogP contribution in [-0.2, 0) is 6.42 Å². The number of nitrogens with two attached hydrogens (primary N) is 1. The Balaban J connectivity index is 2.11. The third kappa shape index (κ3) is 3.94. The maximum absolute atomic E-state index is 6.22. The van der Waals surface area contributed by atoms with Crippen LogP contribution >= 0.6 is 11.6 Å². The van der Waals surface area contributed by atoms with Crippen LogP contribution in [0, 0.1) is 0 Å². The SMILES string of the molecule is CCC(N)Cc1ccc(Oc2cccnc2)c(Cl)c1. The van der Waals surface area contributed by atoms with E-state index in [4.69, 9.17) is 22.1 Å². The second-order valence-electron chi connectivity index (χ2n) is 4.43. The maximum Gasteiger partial charge on any atom is 0.146 e. The number of aromatic nitrogens is 1. The molecular weight excluding hydrogens is 260 g/mol. The van der Waals surface area contributed by atoms with Crippen LogP contribution in [0.4, 0.5) is 0 Å². The van der Waals surface area contributed by atoms with E-state index in [1.807, 2.05) is 30.3 Å². The lowest BCUT2D eigenvalue weighted by Gasteiger charge is -2.11. The van der Waals surface area contributed by atoms with Crippen molar-refractivity contribution in [2.75, 3.05) is 0 Å². The zero-order valence-electron chi connectivity index (χ0n) is 10.8. The van der Waals surface area contributed by atoms with Crippen molar-refractivity contribution in [2.45, 2.75) is 25.8 Å². The lowest BCUT2D eigenvalue weighted by atomic mass is 10.0. The van der Waals surface area contributed by atoms with Crippen LogP contribution < -0.4 is 10.5 Å². The first kappa shape index (κ1) is 13.8. The molecule has 0 amide bonds. The van der Waals surface area contributed by atoms with E-state index < -0.39 is 0 Å². The highest BCUT2D eigenvalue weighted by Crippen LogP contribution is 2.30. The number of nitrogens with zero attached hydrogens (tertiary/aromatic N) is 1. The maximum atomic E-state index is 6.22. The molecular formula is C15H17ClN2O. The van der Waals surface area contributed by atoms with Gasteiger partial charge in [0.15, 0.2) is 0 Å². The van der Waals surface area contributed by atoms with Crippen LogP contribution in [0.1, 0.15) is 18.9 Å². The molecule has 0 bridgehead atoms. The highest BCUT2D eigenvalue weighted by Gasteiger charge is 2.07. The molecule has 2 aromatic rings. The minimum absolute atomic E-state index is 0.168. The fourth-order valence-corrected chi connectivity index (χ4v) is 1.98. The largest absolute Gasteiger partial charge is 0.454 e. The average molecular weight is 277 g/mol. The summed E-state index contributed by atoms with van der Waals surface area (Å²) in [6.45, 7) is 2.08. The zero-order chi connectivity index (χ0) is 13.7. The summed E-state index contributed by atoms with van der Waals surface area (Å²) in [6.07, 6.45) is 5.12. The van der Waals surface area contributed by atoms with E-state index in [2.05, 4.69) is 11.9 Å². The van der Waals surface area contributed by atoms with Crippen molar-refractivity contribution in [1.82, 2.24) is 4.98 Å². The monoisotopic (exact) mass is 276 g/mol. The fourth-order valence-electron chi connectivity index (χ4n) is 1.74. The summed E-state index contributed by atoms with van der Waals surface area (Å²) in [5, 5.41) is 0.588. The summed E-state index contributed by atoms with van der Waals surface area (Å²) < 4.78 is 5.67. The van der Waals surface area contributed by atoms with Gasteiger partial charge in [0.05, 0.1) is 11.2 Å². The van der Waals surface area contributed by atoms with Crippen molar-refractivity contribution >= 4 is 11.6 Å². The molecule has 0 aliphatic heterocycles. The molecule has 2 N–H and O–H groups in total. The van der Waals surface area contributed by atoms with Crippen LogP contribution in [0.25, 0.3) is 0 Å². The number of rotatable bonds is 5. The van der Waals surface area contributed by atoms with Crippen molar-refractivity contribution < 1.29 is 4.74 Å². The molecule has 100 valence electrons. The number of hydrogen-bond acceptors (Lipinski definition) is 3. The van der Waals surface area contributed by atoms with Gasteiger partial charge < -0.3 is 10.5 Å². The van der Waals surface area contributed by atoms with E-state index >= 15 is 0 Å². The van der Waals surface area contributed by atoms with Crippen molar-refractivity contribution in [3.8, 4) is 11.5 Å². The Morgan fingerprint density at radius 3 is 2.84 bits per heavy atom. The summed E-state index contributed by atoms with van der Waals surface area (Å²) >= 11 is 6.22. The van der Waals surface area contributed by atoms with Gasteiger partial charge in [0.25, 0.3) is 0 Å². The number of pyridine rings is 1. The minimum Gasteiger partial charge on any atom is -0.454 e. The second-order valence-corrected chi connectivity index (χ2v) is 4.84. The molecule has 0 radical (unpaired) electrons. The third-order valence-corrected chi connectivity index (χ3v) is 3.18. The molecule has 0 saturated carbocycles. The van der Waals surface area contributed by atoms with E-state index in [0.717, 1.165) is 18.4 Å². The standard InChI is InChI=1S/C15H17ClN2O/c1-2-12(17)8-11-5-6-15(14(16)9-11)19-13-4-3-7-18-10-13/h3-7,9-10,12H,2,8,17H2,1H3. The molecule has 3 nitrogen and oxygen atoms in total. The van der Waals surface area contributed by atoms with E-state index in [0.29, 0.717) is 16.5 Å². The molecule has 19 heavy (non-hydrogen) atoms. The summed E-state index contributed by atoms with van der Waals surface area (Å²) in [5.41, 5.74) is 7.06. The van der Waals surface area contributed by atoms with Crippen LogP contribution in [0.2, 0.25) is 5.02 Å². The Kier molecular flexibility index (Phi) is 4.77. The number of benzene rings is 1. The minimum atomic E-state index is 0.168. The summed E-state index contributed by atoms with van der Waals surface area (Å²) in [7, 11) is 0. The van der Waals surface area contributed by atoms with Crippen LogP contribution in [0.15, 0.2) is 42.7 Å². The van der Waals surface area contributed by atoms with Crippen molar-refractivity contribution in [2.24, 2.45) is 5.73 Å². The van der Waals surface area contributed by atoms with Gasteiger partial charge in [-0.3, -0.25) is 4.98 Å². The number of ether oxygens (including phenoxy) is 1. The molecule has 1 atom stereocenters. The molecule has 0 saturated heterocycles. The van der Waals surface area contributed by atoms with Crippen molar-refractivity contribution in [3.63, 3.8) is 0 Å². The summed E-state index contributed by atoms with van der Waals surface area (Å²) in [4.78, 5) is 3.99. The molecule has 1 heterocycles. The van der Waals surface area contributed by atoms with Gasteiger partial charge in [0, 0.05) is 12.2 Å². The van der Waals surface area contributed by atoms with Gasteiger partial charge in [0.2, 0.25) is 0 Å². The normalized spacial score (nSPS) is 12.2. The van der Waals surface area contributed by atoms with Gasteiger partial charge in [0.1, 0.15) is 11.5 Å². The molecule has 1 unspecified atom stereocenters. The lowest BCUT2D eigenvalue weighted by molar-refractivity contribution is 0.480. The predicted molar refractivity (Wildman–Crippen MR) is 77.7 cm³/mol. The van der Waals surface area contributed by atoms with Gasteiger partial charge in [-0.1, -0.05) is 24.6 Å². The molecule has 0 fully saturated rings. The zero-order valence-corrected chi connectivity index (χ0v) is 11.6. The van der Waals surface area contributed by atoms with Crippen LogP contribution in [0.3, 0.4) is 0 Å². The Labute approximate surface area is 118 Å². The average Bonchev–Trinajstić information content (AvgIpc) is 2.43. The van der Waals surface area contributed by atoms with E-state index in [1.54, 1.807) is 12.4 Å². The number of hydrogen-bond donors (Lipinski definition) is 1. The van der Waals surface area contributed by atoms with Gasteiger partial charge in [-0.05, 0) is 42.7 Å².